The Hall–Kier alpha value is -3.40. The summed E-state index contributed by atoms with van der Waals surface area (Å²) in [6, 6.07) is 7.95. The van der Waals surface area contributed by atoms with Crippen LogP contribution in [-0.2, 0) is 16.9 Å². The van der Waals surface area contributed by atoms with E-state index in [0.717, 1.165) is 5.56 Å². The molecule has 0 radical (unpaired) electrons. The predicted octanol–water partition coefficient (Wildman–Crippen LogP) is 2.29. The number of hydrogen-bond donors (Lipinski definition) is 2. The Labute approximate surface area is 178 Å². The van der Waals surface area contributed by atoms with Crippen molar-refractivity contribution >= 4 is 44.9 Å². The van der Waals surface area contributed by atoms with Gasteiger partial charge in [-0.15, -0.1) is 0 Å². The van der Waals surface area contributed by atoms with Gasteiger partial charge in [0.05, 0.1) is 23.7 Å². The summed E-state index contributed by atoms with van der Waals surface area (Å²) in [5.74, 6) is -0.126. The molecule has 0 aliphatic carbocycles. The first-order chi connectivity index (χ1) is 14.4. The molecule has 30 heavy (non-hydrogen) atoms. The molecule has 3 aromatic rings. The number of carbonyl (C=O) groups is 3. The minimum Gasteiger partial charge on any atom is -0.496 e. The van der Waals surface area contributed by atoms with Gasteiger partial charge in [-0.3, -0.25) is 19.9 Å². The van der Waals surface area contributed by atoms with Gasteiger partial charge in [0.25, 0.3) is 11.8 Å². The zero-order chi connectivity index (χ0) is 21.0. The minimum atomic E-state index is -1.56. The van der Waals surface area contributed by atoms with E-state index in [1.807, 2.05) is 6.07 Å². The molecule has 2 aromatic heterocycles. The number of nitrogens with zero attached hydrogens (tertiary/aromatic N) is 2. The van der Waals surface area contributed by atoms with Crippen LogP contribution in [0.1, 0.15) is 21.7 Å². The number of halogens is 1. The predicted molar refractivity (Wildman–Crippen MR) is 108 cm³/mol. The van der Waals surface area contributed by atoms with Crippen LogP contribution in [0, 0.1) is 0 Å². The van der Waals surface area contributed by atoms with Crippen LogP contribution in [0.5, 0.6) is 5.75 Å². The maximum atomic E-state index is 13.2. The Morgan fingerprint density at radius 1 is 1.30 bits per heavy atom. The minimum absolute atomic E-state index is 0.104. The van der Waals surface area contributed by atoms with Crippen molar-refractivity contribution in [3.63, 3.8) is 0 Å². The molecular weight excluding hydrogens is 456 g/mol. The Morgan fingerprint density at radius 2 is 2.13 bits per heavy atom. The Morgan fingerprint density at radius 3 is 2.83 bits per heavy atom. The number of pyridine rings is 1. The van der Waals surface area contributed by atoms with Crippen LogP contribution in [-0.4, -0.2) is 41.4 Å². The number of furan rings is 1. The van der Waals surface area contributed by atoms with Gasteiger partial charge in [0, 0.05) is 18.8 Å². The summed E-state index contributed by atoms with van der Waals surface area (Å²) in [5, 5.41) is 4.91. The molecule has 1 unspecified atom stereocenters. The standard InChI is InChI=1S/C20H15BrN4O5/c1-29-13-5-4-10-8-25(17(26)15(10)16(13)21)9-20(18(27)23-19(28)24-20)14-7-11-12(30-14)3-2-6-22-11/h2-7H,8-9H2,1H3,(H2,23,24,27,28). The highest BCUT2D eigenvalue weighted by molar-refractivity contribution is 9.10. The van der Waals surface area contributed by atoms with Gasteiger partial charge in [0.15, 0.2) is 11.1 Å². The third-order valence-corrected chi connectivity index (χ3v) is 6.14. The molecule has 1 fully saturated rings. The summed E-state index contributed by atoms with van der Waals surface area (Å²) >= 11 is 3.43. The van der Waals surface area contributed by atoms with E-state index < -0.39 is 17.5 Å². The van der Waals surface area contributed by atoms with Gasteiger partial charge in [0.2, 0.25) is 0 Å². The third-order valence-electron chi connectivity index (χ3n) is 5.35. The van der Waals surface area contributed by atoms with E-state index in [0.29, 0.717) is 26.9 Å². The van der Waals surface area contributed by atoms with Crippen LogP contribution in [0.25, 0.3) is 11.1 Å². The number of carbonyl (C=O) groups excluding carboxylic acids is 3. The largest absolute Gasteiger partial charge is 0.496 e. The fourth-order valence-electron chi connectivity index (χ4n) is 3.90. The van der Waals surface area contributed by atoms with Crippen LogP contribution >= 0.6 is 15.9 Å². The molecule has 2 aliphatic heterocycles. The second kappa shape index (κ2) is 6.56. The Bertz CT molecular complexity index is 1210. The van der Waals surface area contributed by atoms with E-state index in [1.54, 1.807) is 30.5 Å². The third kappa shape index (κ3) is 2.60. The molecule has 2 N–H and O–H groups in total. The van der Waals surface area contributed by atoms with Crippen molar-refractivity contribution in [3.05, 3.63) is 57.9 Å². The monoisotopic (exact) mass is 470 g/mol. The number of nitrogens with one attached hydrogen (secondary N) is 2. The SMILES string of the molecule is COc1ccc2c(c1Br)C(=O)N(CC1(c3cc4ncccc4o3)NC(=O)NC1=O)C2. The van der Waals surface area contributed by atoms with E-state index in [1.165, 1.54) is 12.0 Å². The van der Waals surface area contributed by atoms with Gasteiger partial charge < -0.3 is 19.4 Å². The zero-order valence-corrected chi connectivity index (χ0v) is 17.3. The van der Waals surface area contributed by atoms with Crippen LogP contribution in [0.2, 0.25) is 0 Å². The molecule has 9 nitrogen and oxygen atoms in total. The molecule has 0 bridgehead atoms. The first kappa shape index (κ1) is 18.6. The molecule has 1 atom stereocenters. The number of aromatic nitrogens is 1. The lowest BCUT2D eigenvalue weighted by Crippen LogP contribution is -2.52. The summed E-state index contributed by atoms with van der Waals surface area (Å²) < 4.78 is 11.7. The normalized spacial score (nSPS) is 20.5. The van der Waals surface area contributed by atoms with Crippen molar-refractivity contribution < 1.29 is 23.5 Å². The highest BCUT2D eigenvalue weighted by Crippen LogP contribution is 2.38. The van der Waals surface area contributed by atoms with Crippen LogP contribution in [0.15, 0.2) is 45.4 Å². The molecule has 0 saturated carbocycles. The number of amides is 4. The molecule has 10 heteroatoms. The van der Waals surface area contributed by atoms with Gasteiger partial charge in [-0.2, -0.15) is 0 Å². The highest BCUT2D eigenvalue weighted by Gasteiger charge is 2.53. The van der Waals surface area contributed by atoms with Crippen LogP contribution in [0.3, 0.4) is 0 Å². The van der Waals surface area contributed by atoms with E-state index in [-0.39, 0.29) is 24.8 Å². The van der Waals surface area contributed by atoms with E-state index in [4.69, 9.17) is 9.15 Å². The summed E-state index contributed by atoms with van der Waals surface area (Å²) in [4.78, 5) is 43.8. The Balaban J connectivity index is 1.56. The number of methoxy groups -OCH3 is 1. The van der Waals surface area contributed by atoms with Crippen molar-refractivity contribution in [1.82, 2.24) is 20.5 Å². The topological polar surface area (TPSA) is 114 Å². The summed E-state index contributed by atoms with van der Waals surface area (Å²) in [7, 11) is 1.52. The molecule has 4 heterocycles. The number of benzene rings is 1. The van der Waals surface area contributed by atoms with Crippen LogP contribution < -0.4 is 15.4 Å². The molecule has 0 spiro atoms. The molecule has 2 aliphatic rings. The molecule has 4 amide bonds. The van der Waals surface area contributed by atoms with Crippen molar-refractivity contribution in [2.45, 2.75) is 12.1 Å². The lowest BCUT2D eigenvalue weighted by atomic mass is 9.95. The van der Waals surface area contributed by atoms with Crippen LogP contribution in [0.4, 0.5) is 4.79 Å². The van der Waals surface area contributed by atoms with E-state index in [9.17, 15) is 14.4 Å². The van der Waals surface area contributed by atoms with Crippen molar-refractivity contribution in [2.75, 3.05) is 13.7 Å². The highest BCUT2D eigenvalue weighted by atomic mass is 79.9. The second-order valence-corrected chi connectivity index (χ2v) is 7.88. The maximum absolute atomic E-state index is 13.2. The van der Waals surface area contributed by atoms with Gasteiger partial charge in [-0.25, -0.2) is 4.79 Å². The average Bonchev–Trinajstić information content (AvgIpc) is 3.37. The molecule has 1 saturated heterocycles. The van der Waals surface area contributed by atoms with Gasteiger partial charge >= 0.3 is 6.03 Å². The van der Waals surface area contributed by atoms with Gasteiger partial charge in [-0.1, -0.05) is 6.07 Å². The number of fused-ring (bicyclic) bond motifs is 2. The quantitative estimate of drug-likeness (QED) is 0.565. The maximum Gasteiger partial charge on any atom is 0.322 e. The van der Waals surface area contributed by atoms with E-state index in [2.05, 4.69) is 31.5 Å². The summed E-state index contributed by atoms with van der Waals surface area (Å²) in [5.41, 5.74) is 0.722. The smallest absolute Gasteiger partial charge is 0.322 e. The second-order valence-electron chi connectivity index (χ2n) is 7.09. The van der Waals surface area contributed by atoms with Gasteiger partial charge in [0.1, 0.15) is 17.0 Å². The zero-order valence-electron chi connectivity index (χ0n) is 15.7. The van der Waals surface area contributed by atoms with Crippen molar-refractivity contribution in [1.29, 1.82) is 0 Å². The Kier molecular flexibility index (Phi) is 4.07. The fourth-order valence-corrected chi connectivity index (χ4v) is 4.62. The van der Waals surface area contributed by atoms with Gasteiger partial charge in [-0.05, 0) is 39.7 Å². The molecule has 1 aromatic carbocycles. The fraction of sp³-hybridized carbons (Fsp3) is 0.200. The van der Waals surface area contributed by atoms with Crippen molar-refractivity contribution in [2.24, 2.45) is 0 Å². The summed E-state index contributed by atoms with van der Waals surface area (Å²) in [6.45, 7) is 0.173. The lowest BCUT2D eigenvalue weighted by molar-refractivity contribution is -0.125. The lowest BCUT2D eigenvalue weighted by Gasteiger charge is -2.29. The van der Waals surface area contributed by atoms with E-state index >= 15 is 0 Å². The summed E-state index contributed by atoms with van der Waals surface area (Å²) in [6.07, 6.45) is 1.60. The molecule has 152 valence electrons. The average molecular weight is 471 g/mol. The first-order valence-electron chi connectivity index (χ1n) is 9.06. The number of ether oxygens (including phenoxy) is 1. The molecule has 5 rings (SSSR count). The number of imide groups is 1. The first-order valence-corrected chi connectivity index (χ1v) is 9.85. The molecular formula is C20H15BrN4O5. The number of hydrogen-bond acceptors (Lipinski definition) is 6. The number of urea groups is 1. The number of rotatable bonds is 4. The van der Waals surface area contributed by atoms with Crippen molar-refractivity contribution in [3.8, 4) is 5.75 Å².